The number of nitrogens with one attached hydrogen (secondary N) is 2. The number of carboxylic acids is 1. The number of carboxylic acid groups (broad SMARTS) is 1. The first kappa shape index (κ1) is 17.5. The van der Waals surface area contributed by atoms with Gasteiger partial charge in [0.15, 0.2) is 0 Å². The third-order valence-corrected chi connectivity index (χ3v) is 3.08. The lowest BCUT2D eigenvalue weighted by atomic mass is 10.1. The van der Waals surface area contributed by atoms with Crippen molar-refractivity contribution in [1.82, 2.24) is 5.32 Å². The van der Waals surface area contributed by atoms with Crippen LogP contribution in [0, 0.1) is 25.2 Å². The van der Waals surface area contributed by atoms with E-state index in [1.54, 1.807) is 12.1 Å². The molecule has 0 fully saturated rings. The van der Waals surface area contributed by atoms with Gasteiger partial charge >= 0.3 is 5.97 Å². The molecule has 0 atom stereocenters. The van der Waals surface area contributed by atoms with Gasteiger partial charge in [-0.1, -0.05) is 17.7 Å². The van der Waals surface area contributed by atoms with E-state index in [1.807, 2.05) is 19.9 Å². The molecule has 0 aliphatic heterocycles. The highest BCUT2D eigenvalue weighted by Crippen LogP contribution is 2.27. The predicted octanol–water partition coefficient (Wildman–Crippen LogP) is 2.37. The second kappa shape index (κ2) is 8.05. The van der Waals surface area contributed by atoms with Gasteiger partial charge in [-0.25, -0.2) is 0 Å². The molecule has 1 amide bonds. The molecule has 22 heavy (non-hydrogen) atoms. The van der Waals surface area contributed by atoms with Crippen molar-refractivity contribution in [3.63, 3.8) is 0 Å². The van der Waals surface area contributed by atoms with E-state index in [0.29, 0.717) is 10.7 Å². The zero-order valence-electron chi connectivity index (χ0n) is 12.2. The van der Waals surface area contributed by atoms with Gasteiger partial charge in [-0.3, -0.25) is 9.59 Å². The second-order valence-electron chi connectivity index (χ2n) is 4.65. The summed E-state index contributed by atoms with van der Waals surface area (Å²) in [5.41, 5.74) is 2.33. The lowest BCUT2D eigenvalue weighted by molar-refractivity contribution is -0.136. The van der Waals surface area contributed by atoms with E-state index >= 15 is 0 Å². The maximum Gasteiger partial charge on any atom is 0.305 e. The standard InChI is InChI=1S/C15H16ClN3O3/c1-9-5-10(2)14(12(16)6-9)19-8-11(7-17)15(22)18-4-3-13(20)21/h5-6,8,19H,3-4H2,1-2H3,(H,18,22)(H,20,21)/b11-8-. The summed E-state index contributed by atoms with van der Waals surface area (Å²) in [7, 11) is 0. The fourth-order valence-corrected chi connectivity index (χ4v) is 2.15. The number of rotatable bonds is 6. The molecule has 0 saturated carbocycles. The van der Waals surface area contributed by atoms with Crippen LogP contribution < -0.4 is 10.6 Å². The number of amides is 1. The van der Waals surface area contributed by atoms with Gasteiger partial charge in [0.05, 0.1) is 17.1 Å². The molecule has 0 aliphatic carbocycles. The van der Waals surface area contributed by atoms with Crippen LogP contribution >= 0.6 is 11.6 Å². The molecule has 0 spiro atoms. The zero-order valence-corrected chi connectivity index (χ0v) is 13.0. The Bertz CT molecular complexity index is 639. The number of carbonyl (C=O) groups is 2. The van der Waals surface area contributed by atoms with Gasteiger partial charge in [-0.2, -0.15) is 5.26 Å². The van der Waals surface area contributed by atoms with Crippen LogP contribution in [0.2, 0.25) is 5.02 Å². The van der Waals surface area contributed by atoms with Crippen LogP contribution in [0.5, 0.6) is 0 Å². The Balaban J connectivity index is 2.80. The van der Waals surface area contributed by atoms with Crippen molar-refractivity contribution in [2.45, 2.75) is 20.3 Å². The van der Waals surface area contributed by atoms with Crippen molar-refractivity contribution in [1.29, 1.82) is 5.26 Å². The van der Waals surface area contributed by atoms with E-state index in [-0.39, 0.29) is 18.5 Å². The van der Waals surface area contributed by atoms with Crippen molar-refractivity contribution in [2.75, 3.05) is 11.9 Å². The van der Waals surface area contributed by atoms with Crippen LogP contribution in [0.15, 0.2) is 23.9 Å². The molecule has 6 nitrogen and oxygen atoms in total. The van der Waals surface area contributed by atoms with Crippen LogP contribution in [-0.2, 0) is 9.59 Å². The first-order valence-electron chi connectivity index (χ1n) is 6.48. The summed E-state index contributed by atoms with van der Waals surface area (Å²) in [5.74, 6) is -1.67. The Labute approximate surface area is 133 Å². The SMILES string of the molecule is Cc1cc(C)c(N/C=C(/C#N)C(=O)NCCC(=O)O)c(Cl)c1. The lowest BCUT2D eigenvalue weighted by Crippen LogP contribution is -2.27. The minimum absolute atomic E-state index is 0.0441. The lowest BCUT2D eigenvalue weighted by Gasteiger charge is -2.10. The number of nitriles is 1. The molecule has 1 aromatic carbocycles. The van der Waals surface area contributed by atoms with Gasteiger partial charge < -0.3 is 15.7 Å². The fraction of sp³-hybridized carbons (Fsp3) is 0.267. The van der Waals surface area contributed by atoms with Crippen LogP contribution in [-0.4, -0.2) is 23.5 Å². The molecule has 7 heteroatoms. The number of aryl methyl sites for hydroxylation is 2. The topological polar surface area (TPSA) is 102 Å². The van der Waals surface area contributed by atoms with Crippen molar-refractivity contribution in [2.24, 2.45) is 0 Å². The van der Waals surface area contributed by atoms with E-state index in [4.69, 9.17) is 22.0 Å². The van der Waals surface area contributed by atoms with E-state index in [1.165, 1.54) is 6.20 Å². The molecule has 0 unspecified atom stereocenters. The summed E-state index contributed by atoms with van der Waals surface area (Å²) in [5, 5.41) is 23.2. The van der Waals surface area contributed by atoms with E-state index < -0.39 is 11.9 Å². The number of benzene rings is 1. The summed E-state index contributed by atoms with van der Waals surface area (Å²) >= 11 is 6.12. The number of hydrogen-bond donors (Lipinski definition) is 3. The number of nitrogens with zero attached hydrogens (tertiary/aromatic N) is 1. The number of hydrogen-bond acceptors (Lipinski definition) is 4. The highest BCUT2D eigenvalue weighted by Gasteiger charge is 2.10. The van der Waals surface area contributed by atoms with Crippen LogP contribution in [0.25, 0.3) is 0 Å². The van der Waals surface area contributed by atoms with Crippen molar-refractivity contribution >= 4 is 29.2 Å². The van der Waals surface area contributed by atoms with Crippen molar-refractivity contribution in [3.05, 3.63) is 40.1 Å². The average Bonchev–Trinajstić information content (AvgIpc) is 2.41. The summed E-state index contributed by atoms with van der Waals surface area (Å²) < 4.78 is 0. The number of halogens is 1. The second-order valence-corrected chi connectivity index (χ2v) is 5.06. The molecule has 1 rings (SSSR count). The van der Waals surface area contributed by atoms with E-state index in [0.717, 1.165) is 11.1 Å². The minimum Gasteiger partial charge on any atom is -0.481 e. The van der Waals surface area contributed by atoms with Gasteiger partial charge in [-0.05, 0) is 31.0 Å². The van der Waals surface area contributed by atoms with E-state index in [9.17, 15) is 9.59 Å². The highest BCUT2D eigenvalue weighted by atomic mass is 35.5. The van der Waals surface area contributed by atoms with Gasteiger partial charge in [0.25, 0.3) is 5.91 Å². The van der Waals surface area contributed by atoms with Crippen molar-refractivity contribution in [3.8, 4) is 6.07 Å². The highest BCUT2D eigenvalue weighted by molar-refractivity contribution is 6.33. The van der Waals surface area contributed by atoms with Crippen LogP contribution in [0.1, 0.15) is 17.5 Å². The number of aliphatic carboxylic acids is 1. The fourth-order valence-electron chi connectivity index (χ4n) is 1.77. The molecule has 0 bridgehead atoms. The third-order valence-electron chi connectivity index (χ3n) is 2.78. The maximum absolute atomic E-state index is 11.7. The Hall–Kier alpha value is -2.52. The van der Waals surface area contributed by atoms with Gasteiger partial charge in [0.1, 0.15) is 11.6 Å². The molecular weight excluding hydrogens is 306 g/mol. The number of anilines is 1. The van der Waals surface area contributed by atoms with E-state index in [2.05, 4.69) is 10.6 Å². The molecule has 3 N–H and O–H groups in total. The monoisotopic (exact) mass is 321 g/mol. The number of carbonyl (C=O) groups excluding carboxylic acids is 1. The first-order chi connectivity index (χ1) is 10.3. The zero-order chi connectivity index (χ0) is 16.7. The quantitative estimate of drug-likeness (QED) is 0.551. The summed E-state index contributed by atoms with van der Waals surface area (Å²) in [4.78, 5) is 22.1. The van der Waals surface area contributed by atoms with Gasteiger partial charge in [-0.15, -0.1) is 0 Å². The Morgan fingerprint density at radius 3 is 2.64 bits per heavy atom. The summed E-state index contributed by atoms with van der Waals surface area (Å²) in [6.45, 7) is 3.72. The molecule has 116 valence electrons. The Kier molecular flexibility index (Phi) is 6.42. The molecule has 0 saturated heterocycles. The normalized spacial score (nSPS) is 10.7. The Morgan fingerprint density at radius 2 is 2.09 bits per heavy atom. The molecule has 0 aromatic heterocycles. The summed E-state index contributed by atoms with van der Waals surface area (Å²) in [6, 6.07) is 5.44. The minimum atomic E-state index is -1.03. The third kappa shape index (κ3) is 5.11. The van der Waals surface area contributed by atoms with Crippen molar-refractivity contribution < 1.29 is 14.7 Å². The smallest absolute Gasteiger partial charge is 0.305 e. The molecule has 1 aromatic rings. The molecular formula is C15H16ClN3O3. The predicted molar refractivity (Wildman–Crippen MR) is 83.5 cm³/mol. The molecule has 0 radical (unpaired) electrons. The Morgan fingerprint density at radius 1 is 1.41 bits per heavy atom. The molecule has 0 aliphatic rings. The average molecular weight is 322 g/mol. The van der Waals surface area contributed by atoms with Crippen LogP contribution in [0.3, 0.4) is 0 Å². The van der Waals surface area contributed by atoms with Crippen LogP contribution in [0.4, 0.5) is 5.69 Å². The van der Waals surface area contributed by atoms with Gasteiger partial charge in [0.2, 0.25) is 0 Å². The summed E-state index contributed by atoms with van der Waals surface area (Å²) in [6.07, 6.45) is 1.04. The largest absolute Gasteiger partial charge is 0.481 e. The van der Waals surface area contributed by atoms with Gasteiger partial charge in [0, 0.05) is 12.7 Å². The first-order valence-corrected chi connectivity index (χ1v) is 6.86. The molecule has 0 heterocycles. The maximum atomic E-state index is 11.7.